The summed E-state index contributed by atoms with van der Waals surface area (Å²) in [5, 5.41) is 5.88. The Labute approximate surface area is 193 Å². The van der Waals surface area contributed by atoms with Crippen LogP contribution in [0.5, 0.6) is 0 Å². The summed E-state index contributed by atoms with van der Waals surface area (Å²) in [6.07, 6.45) is 3.70. The molecular weight excluding hydrogens is 412 g/mol. The van der Waals surface area contributed by atoms with Gasteiger partial charge in [-0.25, -0.2) is 4.98 Å². The Kier molecular flexibility index (Phi) is 6.64. The van der Waals surface area contributed by atoms with E-state index < -0.39 is 0 Å². The second-order valence-corrected chi connectivity index (χ2v) is 7.90. The summed E-state index contributed by atoms with van der Waals surface area (Å²) >= 11 is 0. The first-order chi connectivity index (χ1) is 16.0. The third-order valence-corrected chi connectivity index (χ3v) is 5.56. The van der Waals surface area contributed by atoms with Gasteiger partial charge in [-0.05, 0) is 49.2 Å². The number of nitrogens with zero attached hydrogens (tertiary/aromatic N) is 2. The van der Waals surface area contributed by atoms with Crippen molar-refractivity contribution in [2.75, 3.05) is 5.32 Å². The summed E-state index contributed by atoms with van der Waals surface area (Å²) in [5.74, 6) is 0.429. The Bertz CT molecular complexity index is 1250. The van der Waals surface area contributed by atoms with Crippen LogP contribution < -0.4 is 10.6 Å². The van der Waals surface area contributed by atoms with Crippen molar-refractivity contribution in [2.45, 2.75) is 26.4 Å². The quantitative estimate of drug-likeness (QED) is 0.427. The fourth-order valence-corrected chi connectivity index (χ4v) is 3.61. The van der Waals surface area contributed by atoms with Crippen LogP contribution in [-0.4, -0.2) is 21.4 Å². The highest BCUT2D eigenvalue weighted by atomic mass is 16.2. The molecule has 0 aliphatic heterocycles. The minimum absolute atomic E-state index is 0.158. The van der Waals surface area contributed by atoms with Gasteiger partial charge < -0.3 is 15.2 Å². The van der Waals surface area contributed by atoms with Gasteiger partial charge in [0, 0.05) is 24.5 Å². The van der Waals surface area contributed by atoms with Crippen LogP contribution in [0.25, 0.3) is 0 Å². The van der Waals surface area contributed by atoms with Gasteiger partial charge in [0.25, 0.3) is 11.8 Å². The smallest absolute Gasteiger partial charge is 0.255 e. The zero-order valence-corrected chi connectivity index (χ0v) is 18.7. The molecule has 0 aliphatic rings. The van der Waals surface area contributed by atoms with Gasteiger partial charge in [-0.15, -0.1) is 0 Å². The van der Waals surface area contributed by atoms with Crippen molar-refractivity contribution >= 4 is 17.5 Å². The molecule has 0 saturated heterocycles. The molecule has 4 aromatic rings. The van der Waals surface area contributed by atoms with Crippen molar-refractivity contribution in [3.63, 3.8) is 0 Å². The summed E-state index contributed by atoms with van der Waals surface area (Å²) < 4.78 is 2.04. The van der Waals surface area contributed by atoms with E-state index in [9.17, 15) is 9.59 Å². The Hall–Kier alpha value is -4.19. The molecule has 3 aromatic carbocycles. The fourth-order valence-electron chi connectivity index (χ4n) is 3.61. The molecule has 1 aromatic heterocycles. The second-order valence-electron chi connectivity index (χ2n) is 7.90. The number of rotatable bonds is 7. The van der Waals surface area contributed by atoms with Crippen LogP contribution in [0.4, 0.5) is 5.69 Å². The first-order valence-electron chi connectivity index (χ1n) is 10.8. The number of imidazole rings is 1. The van der Waals surface area contributed by atoms with E-state index in [-0.39, 0.29) is 17.9 Å². The van der Waals surface area contributed by atoms with Crippen molar-refractivity contribution in [2.24, 2.45) is 0 Å². The Morgan fingerprint density at radius 2 is 1.61 bits per heavy atom. The van der Waals surface area contributed by atoms with Crippen LogP contribution in [0.15, 0.2) is 91.3 Å². The third-order valence-electron chi connectivity index (χ3n) is 5.56. The van der Waals surface area contributed by atoms with Crippen LogP contribution >= 0.6 is 0 Å². The van der Waals surface area contributed by atoms with Gasteiger partial charge in [-0.2, -0.15) is 0 Å². The Morgan fingerprint density at radius 1 is 0.909 bits per heavy atom. The highest BCUT2D eigenvalue weighted by Gasteiger charge is 2.16. The van der Waals surface area contributed by atoms with E-state index in [1.165, 1.54) is 0 Å². The van der Waals surface area contributed by atoms with E-state index in [1.54, 1.807) is 42.6 Å². The molecule has 2 N–H and O–H groups in total. The van der Waals surface area contributed by atoms with Gasteiger partial charge in [0.1, 0.15) is 5.82 Å². The van der Waals surface area contributed by atoms with Gasteiger partial charge in [0.2, 0.25) is 0 Å². The number of carbonyl (C=O) groups excluding carboxylic acids is 2. The SMILES string of the molecule is Cc1nccn1Cc1ccc(C(=O)Nc2ccccc2C(=O)NC(C)c2ccccc2)cc1. The minimum Gasteiger partial charge on any atom is -0.345 e. The lowest BCUT2D eigenvalue weighted by Crippen LogP contribution is -2.28. The van der Waals surface area contributed by atoms with Crippen molar-refractivity contribution in [3.8, 4) is 0 Å². The summed E-state index contributed by atoms with van der Waals surface area (Å²) in [6, 6.07) is 24.0. The average Bonchev–Trinajstić information content (AvgIpc) is 3.24. The summed E-state index contributed by atoms with van der Waals surface area (Å²) in [7, 11) is 0. The van der Waals surface area contributed by atoms with E-state index in [2.05, 4.69) is 15.6 Å². The molecule has 2 amide bonds. The molecule has 1 heterocycles. The molecular formula is C27H26N4O2. The van der Waals surface area contributed by atoms with Crippen LogP contribution in [-0.2, 0) is 6.54 Å². The topological polar surface area (TPSA) is 76.0 Å². The van der Waals surface area contributed by atoms with E-state index >= 15 is 0 Å². The number of benzene rings is 3. The van der Waals surface area contributed by atoms with E-state index in [0.29, 0.717) is 23.4 Å². The molecule has 0 aliphatic carbocycles. The van der Waals surface area contributed by atoms with E-state index in [4.69, 9.17) is 0 Å². The number of anilines is 1. The molecule has 0 spiro atoms. The van der Waals surface area contributed by atoms with Gasteiger partial charge >= 0.3 is 0 Å². The number of hydrogen-bond acceptors (Lipinski definition) is 3. The number of carbonyl (C=O) groups is 2. The maximum absolute atomic E-state index is 12.9. The monoisotopic (exact) mass is 438 g/mol. The highest BCUT2D eigenvalue weighted by Crippen LogP contribution is 2.19. The number of nitrogens with one attached hydrogen (secondary N) is 2. The molecule has 0 saturated carbocycles. The maximum atomic E-state index is 12.9. The number of aromatic nitrogens is 2. The molecule has 0 fully saturated rings. The van der Waals surface area contributed by atoms with Crippen LogP contribution in [0, 0.1) is 6.92 Å². The summed E-state index contributed by atoms with van der Waals surface area (Å²) in [6.45, 7) is 4.58. The van der Waals surface area contributed by atoms with Crippen molar-refractivity contribution < 1.29 is 9.59 Å². The molecule has 0 bridgehead atoms. The zero-order valence-electron chi connectivity index (χ0n) is 18.7. The second kappa shape index (κ2) is 9.96. The number of amides is 2. The highest BCUT2D eigenvalue weighted by molar-refractivity contribution is 6.09. The number of para-hydroxylation sites is 1. The van der Waals surface area contributed by atoms with Crippen LogP contribution in [0.2, 0.25) is 0 Å². The molecule has 6 heteroatoms. The fraction of sp³-hybridized carbons (Fsp3) is 0.148. The summed E-state index contributed by atoms with van der Waals surface area (Å²) in [5.41, 5.74) is 3.49. The molecule has 0 radical (unpaired) electrons. The Morgan fingerprint density at radius 3 is 2.30 bits per heavy atom. The third kappa shape index (κ3) is 5.36. The predicted molar refractivity (Wildman–Crippen MR) is 129 cm³/mol. The minimum atomic E-state index is -0.267. The summed E-state index contributed by atoms with van der Waals surface area (Å²) in [4.78, 5) is 30.0. The normalized spacial score (nSPS) is 11.6. The first kappa shape index (κ1) is 22.0. The average molecular weight is 439 g/mol. The molecule has 1 unspecified atom stereocenters. The van der Waals surface area contributed by atoms with Gasteiger partial charge in [0.15, 0.2) is 0 Å². The molecule has 33 heavy (non-hydrogen) atoms. The van der Waals surface area contributed by atoms with E-state index in [1.807, 2.05) is 67.1 Å². The number of hydrogen-bond donors (Lipinski definition) is 2. The predicted octanol–water partition coefficient (Wildman–Crippen LogP) is 4.98. The molecule has 166 valence electrons. The first-order valence-corrected chi connectivity index (χ1v) is 10.8. The lowest BCUT2D eigenvalue weighted by atomic mass is 10.1. The van der Waals surface area contributed by atoms with Crippen LogP contribution in [0.3, 0.4) is 0 Å². The van der Waals surface area contributed by atoms with Gasteiger partial charge in [-0.1, -0.05) is 54.6 Å². The maximum Gasteiger partial charge on any atom is 0.255 e. The van der Waals surface area contributed by atoms with Crippen molar-refractivity contribution in [3.05, 3.63) is 119 Å². The lowest BCUT2D eigenvalue weighted by Gasteiger charge is -2.16. The molecule has 1 atom stereocenters. The molecule has 6 nitrogen and oxygen atoms in total. The zero-order chi connectivity index (χ0) is 23.2. The van der Waals surface area contributed by atoms with E-state index in [0.717, 1.165) is 17.0 Å². The van der Waals surface area contributed by atoms with Gasteiger partial charge in [0.05, 0.1) is 17.3 Å². The van der Waals surface area contributed by atoms with Gasteiger partial charge in [-0.3, -0.25) is 9.59 Å². The van der Waals surface area contributed by atoms with Crippen molar-refractivity contribution in [1.29, 1.82) is 0 Å². The van der Waals surface area contributed by atoms with Crippen LogP contribution in [0.1, 0.15) is 50.6 Å². The largest absolute Gasteiger partial charge is 0.345 e. The number of aryl methyl sites for hydroxylation is 1. The Balaban J connectivity index is 1.44. The van der Waals surface area contributed by atoms with Crippen molar-refractivity contribution in [1.82, 2.24) is 14.9 Å². The molecule has 4 rings (SSSR count). The standard InChI is InChI=1S/C27H26N4O2/c1-19(22-8-4-3-5-9-22)29-27(33)24-10-6-7-11-25(24)30-26(32)23-14-12-21(13-15-23)18-31-17-16-28-20(31)2/h3-17,19H,18H2,1-2H3,(H,29,33)(H,30,32). The lowest BCUT2D eigenvalue weighted by molar-refractivity contribution is 0.0940.